The van der Waals surface area contributed by atoms with Crippen LogP contribution in [0.3, 0.4) is 0 Å². The van der Waals surface area contributed by atoms with Gasteiger partial charge in [0.25, 0.3) is 0 Å². The predicted octanol–water partition coefficient (Wildman–Crippen LogP) is 1.49. The van der Waals surface area contributed by atoms with E-state index in [4.69, 9.17) is 4.74 Å². The highest BCUT2D eigenvalue weighted by Crippen LogP contribution is 2.14. The van der Waals surface area contributed by atoms with Gasteiger partial charge in [-0.1, -0.05) is 13.3 Å². The van der Waals surface area contributed by atoms with E-state index in [1.165, 1.54) is 0 Å². The molecule has 0 saturated heterocycles. The summed E-state index contributed by atoms with van der Waals surface area (Å²) < 4.78 is 9.44. The minimum atomic E-state index is -0.877. The molecular weight excluding hydrogens is 224 g/mol. The fourth-order valence-electron chi connectivity index (χ4n) is 1.43. The van der Waals surface area contributed by atoms with Gasteiger partial charge < -0.3 is 9.47 Å². The Balaban J connectivity index is 4.38. The maximum Gasteiger partial charge on any atom is 0.374 e. The highest BCUT2D eigenvalue weighted by atomic mass is 16.5. The third kappa shape index (κ3) is 6.04. The first kappa shape index (κ1) is 15.6. The summed E-state index contributed by atoms with van der Waals surface area (Å²) in [5.74, 6) is -2.51. The zero-order valence-electron chi connectivity index (χ0n) is 10.7. The summed E-state index contributed by atoms with van der Waals surface area (Å²) >= 11 is 0. The van der Waals surface area contributed by atoms with Crippen LogP contribution in [0.4, 0.5) is 0 Å². The Morgan fingerprint density at radius 2 is 1.59 bits per heavy atom. The van der Waals surface area contributed by atoms with Crippen LogP contribution in [0.25, 0.3) is 0 Å². The third-order valence-electron chi connectivity index (χ3n) is 2.19. The number of Topliss-reactive ketones (excluding diaryl/α,β-unsaturated/α-hetero) is 1. The number of hydrogen-bond donors (Lipinski definition) is 0. The number of esters is 2. The second kappa shape index (κ2) is 8.73. The van der Waals surface area contributed by atoms with Crippen molar-refractivity contribution in [3.63, 3.8) is 0 Å². The molecule has 0 aromatic heterocycles. The molecule has 0 heterocycles. The van der Waals surface area contributed by atoms with E-state index >= 15 is 0 Å². The van der Waals surface area contributed by atoms with E-state index in [1.54, 1.807) is 13.8 Å². The maximum absolute atomic E-state index is 11.5. The molecule has 0 fully saturated rings. The van der Waals surface area contributed by atoms with Crippen molar-refractivity contribution in [1.82, 2.24) is 0 Å². The molecule has 0 radical (unpaired) electrons. The molecule has 5 heteroatoms. The normalized spacial score (nSPS) is 11.7. The third-order valence-corrected chi connectivity index (χ3v) is 2.19. The lowest BCUT2D eigenvalue weighted by Crippen LogP contribution is -2.26. The van der Waals surface area contributed by atoms with Crippen molar-refractivity contribution < 1.29 is 23.9 Å². The molecule has 0 aromatic carbocycles. The minimum absolute atomic E-state index is 0.133. The largest absolute Gasteiger partial charge is 0.466 e. The van der Waals surface area contributed by atoms with Gasteiger partial charge in [-0.25, -0.2) is 4.79 Å². The lowest BCUT2D eigenvalue weighted by atomic mass is 9.97. The van der Waals surface area contributed by atoms with Gasteiger partial charge in [0.2, 0.25) is 5.78 Å². The van der Waals surface area contributed by atoms with E-state index in [-0.39, 0.29) is 19.6 Å². The van der Waals surface area contributed by atoms with Gasteiger partial charge in [-0.2, -0.15) is 0 Å². The van der Waals surface area contributed by atoms with E-state index < -0.39 is 23.6 Å². The van der Waals surface area contributed by atoms with Crippen molar-refractivity contribution >= 4 is 17.7 Å². The smallest absolute Gasteiger partial charge is 0.374 e. The molecule has 0 aromatic rings. The van der Waals surface area contributed by atoms with Crippen LogP contribution in [-0.2, 0) is 23.9 Å². The Morgan fingerprint density at radius 3 is 2.06 bits per heavy atom. The van der Waals surface area contributed by atoms with Gasteiger partial charge in [0.05, 0.1) is 19.1 Å². The van der Waals surface area contributed by atoms with E-state index in [9.17, 15) is 14.4 Å². The van der Waals surface area contributed by atoms with Crippen molar-refractivity contribution in [1.29, 1.82) is 0 Å². The monoisotopic (exact) mass is 244 g/mol. The minimum Gasteiger partial charge on any atom is -0.466 e. The van der Waals surface area contributed by atoms with Gasteiger partial charge in [-0.3, -0.25) is 9.59 Å². The lowest BCUT2D eigenvalue weighted by Gasteiger charge is -2.13. The SMILES string of the molecule is CCCC(CC(=O)C(=O)OCC)C(=O)OCC. The maximum atomic E-state index is 11.5. The van der Waals surface area contributed by atoms with E-state index in [0.717, 1.165) is 6.42 Å². The first-order chi connectivity index (χ1) is 8.06. The Morgan fingerprint density at radius 1 is 1.00 bits per heavy atom. The average molecular weight is 244 g/mol. The number of carbonyl (C=O) groups is 3. The Kier molecular flexibility index (Phi) is 8.01. The summed E-state index contributed by atoms with van der Waals surface area (Å²) in [5, 5.41) is 0. The molecule has 0 N–H and O–H groups in total. The number of ketones is 1. The van der Waals surface area contributed by atoms with Gasteiger partial charge in [0.1, 0.15) is 0 Å². The second-order valence-electron chi connectivity index (χ2n) is 3.59. The van der Waals surface area contributed by atoms with Crippen LogP contribution in [0.2, 0.25) is 0 Å². The fraction of sp³-hybridized carbons (Fsp3) is 0.750. The van der Waals surface area contributed by atoms with Crippen molar-refractivity contribution in [2.45, 2.75) is 40.0 Å². The second-order valence-corrected chi connectivity index (χ2v) is 3.59. The summed E-state index contributed by atoms with van der Waals surface area (Å²) in [7, 11) is 0. The molecule has 98 valence electrons. The number of hydrogen-bond acceptors (Lipinski definition) is 5. The molecule has 0 spiro atoms. The van der Waals surface area contributed by atoms with Crippen molar-refractivity contribution in [3.8, 4) is 0 Å². The van der Waals surface area contributed by atoms with Gasteiger partial charge in [0.15, 0.2) is 0 Å². The molecule has 0 amide bonds. The van der Waals surface area contributed by atoms with Crippen molar-refractivity contribution in [2.24, 2.45) is 5.92 Å². The van der Waals surface area contributed by atoms with E-state index in [2.05, 4.69) is 4.74 Å². The quantitative estimate of drug-likeness (QED) is 0.478. The number of ether oxygens (including phenoxy) is 2. The predicted molar refractivity (Wildman–Crippen MR) is 61.3 cm³/mol. The standard InChI is InChI=1S/C12H20O5/c1-4-7-9(11(14)16-5-2)8-10(13)12(15)17-6-3/h9H,4-8H2,1-3H3. The van der Waals surface area contributed by atoms with Crippen LogP contribution in [0.15, 0.2) is 0 Å². The summed E-state index contributed by atoms with van der Waals surface area (Å²) in [6.07, 6.45) is 1.15. The van der Waals surface area contributed by atoms with Gasteiger partial charge in [-0.05, 0) is 20.3 Å². The molecule has 0 rings (SSSR count). The molecule has 0 aliphatic rings. The molecule has 0 aliphatic heterocycles. The van der Waals surface area contributed by atoms with Crippen molar-refractivity contribution in [3.05, 3.63) is 0 Å². The number of carbonyl (C=O) groups excluding carboxylic acids is 3. The summed E-state index contributed by atoms with van der Waals surface area (Å²) in [6.45, 7) is 5.66. The molecule has 5 nitrogen and oxygen atoms in total. The van der Waals surface area contributed by atoms with Crippen LogP contribution in [0.5, 0.6) is 0 Å². The summed E-state index contributed by atoms with van der Waals surface area (Å²) in [5.41, 5.74) is 0. The van der Waals surface area contributed by atoms with Crippen LogP contribution >= 0.6 is 0 Å². The summed E-state index contributed by atoms with van der Waals surface area (Å²) in [4.78, 5) is 34.1. The number of rotatable bonds is 8. The first-order valence-corrected chi connectivity index (χ1v) is 5.93. The molecular formula is C12H20O5. The zero-order valence-corrected chi connectivity index (χ0v) is 10.7. The highest BCUT2D eigenvalue weighted by Gasteiger charge is 2.26. The lowest BCUT2D eigenvalue weighted by molar-refractivity contribution is -0.156. The van der Waals surface area contributed by atoms with Crippen LogP contribution < -0.4 is 0 Å². The summed E-state index contributed by atoms with van der Waals surface area (Å²) in [6, 6.07) is 0. The Labute approximate surface area is 101 Å². The molecule has 1 unspecified atom stereocenters. The average Bonchev–Trinajstić information content (AvgIpc) is 2.29. The first-order valence-electron chi connectivity index (χ1n) is 5.93. The fourth-order valence-corrected chi connectivity index (χ4v) is 1.43. The molecule has 17 heavy (non-hydrogen) atoms. The van der Waals surface area contributed by atoms with Crippen LogP contribution in [0.1, 0.15) is 40.0 Å². The van der Waals surface area contributed by atoms with E-state index in [1.807, 2.05) is 6.92 Å². The van der Waals surface area contributed by atoms with Gasteiger partial charge >= 0.3 is 11.9 Å². The van der Waals surface area contributed by atoms with E-state index in [0.29, 0.717) is 6.42 Å². The van der Waals surface area contributed by atoms with Gasteiger partial charge in [0, 0.05) is 6.42 Å². The Bertz CT molecular complexity index is 272. The van der Waals surface area contributed by atoms with Crippen LogP contribution in [0, 0.1) is 5.92 Å². The zero-order chi connectivity index (χ0) is 13.3. The highest BCUT2D eigenvalue weighted by molar-refractivity contribution is 6.33. The van der Waals surface area contributed by atoms with Crippen LogP contribution in [-0.4, -0.2) is 30.9 Å². The van der Waals surface area contributed by atoms with Crippen molar-refractivity contribution in [2.75, 3.05) is 13.2 Å². The molecule has 1 atom stereocenters. The Hall–Kier alpha value is -1.39. The molecule has 0 saturated carbocycles. The topological polar surface area (TPSA) is 69.7 Å². The molecule has 0 aliphatic carbocycles. The van der Waals surface area contributed by atoms with Gasteiger partial charge in [-0.15, -0.1) is 0 Å². The molecule has 0 bridgehead atoms.